The summed E-state index contributed by atoms with van der Waals surface area (Å²) >= 11 is 0. The molecule has 2 heterocycles. The van der Waals surface area contributed by atoms with Crippen LogP contribution in [0.1, 0.15) is 29.3 Å². The van der Waals surface area contributed by atoms with Crippen LogP contribution in [0.2, 0.25) is 0 Å². The zero-order chi connectivity index (χ0) is 20.6. The Morgan fingerprint density at radius 2 is 2.07 bits per heavy atom. The fourth-order valence-electron chi connectivity index (χ4n) is 3.43. The van der Waals surface area contributed by atoms with Crippen LogP contribution in [-0.2, 0) is 17.9 Å². The molecule has 1 aromatic heterocycles. The number of carbonyl (C=O) groups is 2. The summed E-state index contributed by atoms with van der Waals surface area (Å²) in [5.74, 6) is 0.282. The van der Waals surface area contributed by atoms with E-state index >= 15 is 0 Å². The molecule has 2 amide bonds. The summed E-state index contributed by atoms with van der Waals surface area (Å²) in [7, 11) is 1.55. The van der Waals surface area contributed by atoms with Gasteiger partial charge in [0.25, 0.3) is 5.91 Å². The highest BCUT2D eigenvalue weighted by molar-refractivity contribution is 5.96. The summed E-state index contributed by atoms with van der Waals surface area (Å²) in [5, 5.41) is 7.04. The third-order valence-electron chi connectivity index (χ3n) is 5.09. The molecule has 3 rings (SSSR count). The third-order valence-corrected chi connectivity index (χ3v) is 5.09. The summed E-state index contributed by atoms with van der Waals surface area (Å²) in [6.07, 6.45) is 4.89. The summed E-state index contributed by atoms with van der Waals surface area (Å²) < 4.78 is 7.06. The predicted molar refractivity (Wildman–Crippen MR) is 110 cm³/mol. The standard InChI is InChI=1S/C21H29N5O3/c1-3-26-16-17(13-23-26)15-24-8-5-9-25(11-10-24)20(27)14-22-21(28)18-6-4-7-19(12-18)29-2/h4,6-7,12-13,16H,3,5,8-11,14-15H2,1-2H3,(H,22,28). The first-order chi connectivity index (χ1) is 14.1. The van der Waals surface area contributed by atoms with Crippen molar-refractivity contribution in [1.82, 2.24) is 24.9 Å². The van der Waals surface area contributed by atoms with Crippen molar-refractivity contribution in [1.29, 1.82) is 0 Å². The van der Waals surface area contributed by atoms with Crippen LogP contribution in [0.25, 0.3) is 0 Å². The maximum absolute atomic E-state index is 12.6. The molecule has 1 aromatic carbocycles. The molecule has 0 spiro atoms. The highest BCUT2D eigenvalue weighted by atomic mass is 16.5. The Balaban J connectivity index is 1.46. The Kier molecular flexibility index (Phi) is 7.24. The quantitative estimate of drug-likeness (QED) is 0.761. The largest absolute Gasteiger partial charge is 0.497 e. The fraction of sp³-hybridized carbons (Fsp3) is 0.476. The molecule has 1 saturated heterocycles. The van der Waals surface area contributed by atoms with Gasteiger partial charge in [-0.05, 0) is 31.5 Å². The van der Waals surface area contributed by atoms with Crippen LogP contribution in [0.4, 0.5) is 0 Å². The van der Waals surface area contributed by atoms with Crippen LogP contribution >= 0.6 is 0 Å². The van der Waals surface area contributed by atoms with Crippen molar-refractivity contribution >= 4 is 11.8 Å². The number of ether oxygens (including phenoxy) is 1. The van der Waals surface area contributed by atoms with Gasteiger partial charge < -0.3 is 15.0 Å². The smallest absolute Gasteiger partial charge is 0.251 e. The van der Waals surface area contributed by atoms with Crippen molar-refractivity contribution in [3.8, 4) is 5.75 Å². The van der Waals surface area contributed by atoms with E-state index in [0.717, 1.165) is 32.6 Å². The van der Waals surface area contributed by atoms with Gasteiger partial charge >= 0.3 is 0 Å². The number of rotatable bonds is 7. The average molecular weight is 399 g/mol. The number of hydrogen-bond acceptors (Lipinski definition) is 5. The highest BCUT2D eigenvalue weighted by Crippen LogP contribution is 2.12. The van der Waals surface area contributed by atoms with Crippen LogP contribution in [0.15, 0.2) is 36.7 Å². The van der Waals surface area contributed by atoms with Crippen molar-refractivity contribution in [2.45, 2.75) is 26.4 Å². The van der Waals surface area contributed by atoms with E-state index in [1.807, 2.05) is 15.8 Å². The van der Waals surface area contributed by atoms with Crippen LogP contribution in [0.3, 0.4) is 0 Å². The molecular weight excluding hydrogens is 370 g/mol. The monoisotopic (exact) mass is 399 g/mol. The molecule has 8 nitrogen and oxygen atoms in total. The fourth-order valence-corrected chi connectivity index (χ4v) is 3.43. The van der Waals surface area contributed by atoms with Gasteiger partial charge in [-0.15, -0.1) is 0 Å². The molecule has 1 aliphatic heterocycles. The van der Waals surface area contributed by atoms with Crippen LogP contribution in [0, 0.1) is 0 Å². The van der Waals surface area contributed by atoms with E-state index in [4.69, 9.17) is 4.74 Å². The number of carbonyl (C=O) groups excluding carboxylic acids is 2. The van der Waals surface area contributed by atoms with Crippen molar-refractivity contribution < 1.29 is 14.3 Å². The van der Waals surface area contributed by atoms with E-state index in [0.29, 0.717) is 24.4 Å². The van der Waals surface area contributed by atoms with Crippen molar-refractivity contribution in [3.05, 3.63) is 47.8 Å². The van der Waals surface area contributed by atoms with E-state index in [1.165, 1.54) is 5.56 Å². The predicted octanol–water partition coefficient (Wildman–Crippen LogP) is 1.38. The van der Waals surface area contributed by atoms with E-state index < -0.39 is 0 Å². The number of aromatic nitrogens is 2. The minimum absolute atomic E-state index is 0.000681. The number of benzene rings is 1. The number of nitrogens with zero attached hydrogens (tertiary/aromatic N) is 4. The topological polar surface area (TPSA) is 79.7 Å². The number of amides is 2. The normalized spacial score (nSPS) is 15.0. The molecule has 1 fully saturated rings. The lowest BCUT2D eigenvalue weighted by atomic mass is 10.2. The minimum atomic E-state index is -0.276. The first-order valence-electron chi connectivity index (χ1n) is 10.0. The van der Waals surface area contributed by atoms with Crippen molar-refractivity contribution in [3.63, 3.8) is 0 Å². The van der Waals surface area contributed by atoms with Gasteiger partial charge in [0.1, 0.15) is 5.75 Å². The Morgan fingerprint density at radius 1 is 1.21 bits per heavy atom. The molecule has 1 aliphatic rings. The van der Waals surface area contributed by atoms with Gasteiger partial charge in [0, 0.05) is 56.6 Å². The number of methoxy groups -OCH3 is 1. The van der Waals surface area contributed by atoms with Gasteiger partial charge in [0.05, 0.1) is 19.9 Å². The summed E-state index contributed by atoms with van der Waals surface area (Å²) in [6.45, 7) is 6.90. The zero-order valence-electron chi connectivity index (χ0n) is 17.1. The molecule has 1 N–H and O–H groups in total. The molecule has 156 valence electrons. The Morgan fingerprint density at radius 3 is 2.83 bits per heavy atom. The maximum Gasteiger partial charge on any atom is 0.251 e. The SMILES string of the molecule is CCn1cc(CN2CCCN(C(=O)CNC(=O)c3cccc(OC)c3)CC2)cn1. The summed E-state index contributed by atoms with van der Waals surface area (Å²) in [4.78, 5) is 29.0. The lowest BCUT2D eigenvalue weighted by Gasteiger charge is -2.22. The number of aryl methyl sites for hydroxylation is 1. The van der Waals surface area contributed by atoms with Gasteiger partial charge in [-0.2, -0.15) is 5.10 Å². The lowest BCUT2D eigenvalue weighted by molar-refractivity contribution is -0.130. The maximum atomic E-state index is 12.6. The highest BCUT2D eigenvalue weighted by Gasteiger charge is 2.20. The molecule has 29 heavy (non-hydrogen) atoms. The van der Waals surface area contributed by atoms with Gasteiger partial charge in [-0.25, -0.2) is 0 Å². The van der Waals surface area contributed by atoms with Gasteiger partial charge in [0.2, 0.25) is 5.91 Å². The van der Waals surface area contributed by atoms with Crippen molar-refractivity contribution in [2.75, 3.05) is 39.8 Å². The van der Waals surface area contributed by atoms with E-state index in [9.17, 15) is 9.59 Å². The first kappa shape index (κ1) is 20.9. The Hall–Kier alpha value is -2.87. The Labute approximate surface area is 171 Å². The van der Waals surface area contributed by atoms with Crippen LogP contribution < -0.4 is 10.1 Å². The molecule has 0 radical (unpaired) electrons. The number of nitrogens with one attached hydrogen (secondary N) is 1. The lowest BCUT2D eigenvalue weighted by Crippen LogP contribution is -2.42. The molecule has 2 aromatic rings. The van der Waals surface area contributed by atoms with E-state index in [-0.39, 0.29) is 18.4 Å². The van der Waals surface area contributed by atoms with Crippen LogP contribution in [-0.4, -0.2) is 71.2 Å². The zero-order valence-corrected chi connectivity index (χ0v) is 17.1. The number of hydrogen-bond donors (Lipinski definition) is 1. The molecular formula is C21H29N5O3. The summed E-state index contributed by atoms with van der Waals surface area (Å²) in [5.41, 5.74) is 1.67. The second-order valence-electron chi connectivity index (χ2n) is 7.13. The van der Waals surface area contributed by atoms with E-state index in [2.05, 4.69) is 28.4 Å². The van der Waals surface area contributed by atoms with Crippen molar-refractivity contribution in [2.24, 2.45) is 0 Å². The average Bonchev–Trinajstić information content (AvgIpc) is 3.08. The second-order valence-corrected chi connectivity index (χ2v) is 7.13. The molecule has 0 atom stereocenters. The van der Waals surface area contributed by atoms with Gasteiger partial charge in [-0.3, -0.25) is 19.2 Å². The summed E-state index contributed by atoms with van der Waals surface area (Å²) in [6, 6.07) is 6.89. The molecule has 8 heteroatoms. The van der Waals surface area contributed by atoms with Crippen LogP contribution in [0.5, 0.6) is 5.75 Å². The molecule has 0 aliphatic carbocycles. The van der Waals surface area contributed by atoms with Gasteiger partial charge in [-0.1, -0.05) is 6.07 Å². The second kappa shape index (κ2) is 10.1. The molecule has 0 saturated carbocycles. The molecule has 0 unspecified atom stereocenters. The first-order valence-corrected chi connectivity index (χ1v) is 10.0. The van der Waals surface area contributed by atoms with E-state index in [1.54, 1.807) is 31.4 Å². The molecule has 0 bridgehead atoms. The Bertz CT molecular complexity index is 835. The van der Waals surface area contributed by atoms with Gasteiger partial charge in [0.15, 0.2) is 0 Å². The third kappa shape index (κ3) is 5.80. The minimum Gasteiger partial charge on any atom is -0.497 e.